The van der Waals surface area contributed by atoms with Gasteiger partial charge in [-0.05, 0) is 24.3 Å². The summed E-state index contributed by atoms with van der Waals surface area (Å²) in [7, 11) is 1.70. The third kappa shape index (κ3) is 2.12. The lowest BCUT2D eigenvalue weighted by atomic mass is 10.1. The fourth-order valence-corrected chi connectivity index (χ4v) is 1.50. The van der Waals surface area contributed by atoms with Crippen molar-refractivity contribution in [3.05, 3.63) is 41.3 Å². The molecule has 2 aromatic rings. The van der Waals surface area contributed by atoms with Crippen molar-refractivity contribution in [1.29, 1.82) is 0 Å². The molecule has 0 spiro atoms. The van der Waals surface area contributed by atoms with Crippen LogP contribution < -0.4 is 5.32 Å². The van der Waals surface area contributed by atoms with Crippen LogP contribution >= 0.6 is 11.6 Å². The molecule has 0 atom stereocenters. The van der Waals surface area contributed by atoms with Crippen molar-refractivity contribution in [2.24, 2.45) is 0 Å². The molecule has 0 saturated heterocycles. The van der Waals surface area contributed by atoms with Gasteiger partial charge in [-0.1, -0.05) is 11.6 Å². The van der Waals surface area contributed by atoms with E-state index >= 15 is 0 Å². The molecule has 5 heteroatoms. The predicted molar refractivity (Wildman–Crippen MR) is 62.0 cm³/mol. The number of nitrogens with one attached hydrogen (secondary N) is 1. The van der Waals surface area contributed by atoms with Gasteiger partial charge in [0.05, 0.1) is 5.69 Å². The number of benzene rings is 1. The third-order valence-electron chi connectivity index (χ3n) is 2.08. The fourth-order valence-electron chi connectivity index (χ4n) is 1.32. The lowest BCUT2D eigenvalue weighted by molar-refractivity contribution is 0.630. The molecule has 16 heavy (non-hydrogen) atoms. The zero-order valence-corrected chi connectivity index (χ0v) is 9.29. The normalized spacial score (nSPS) is 10.2. The average Bonchev–Trinajstić information content (AvgIpc) is 2.32. The zero-order chi connectivity index (χ0) is 11.5. The molecule has 0 aliphatic heterocycles. The highest BCUT2D eigenvalue weighted by atomic mass is 35.5. The largest absolute Gasteiger partial charge is 0.357 e. The molecule has 1 heterocycles. The topological polar surface area (TPSA) is 37.8 Å². The lowest BCUT2D eigenvalue weighted by Crippen LogP contribution is -1.97. The molecular formula is C11H9ClFN3. The van der Waals surface area contributed by atoms with Gasteiger partial charge in [-0.15, -0.1) is 0 Å². The third-order valence-corrected chi connectivity index (χ3v) is 2.32. The molecule has 0 aliphatic carbocycles. The van der Waals surface area contributed by atoms with Crippen LogP contribution in [0.5, 0.6) is 0 Å². The van der Waals surface area contributed by atoms with Gasteiger partial charge in [0.2, 0.25) is 5.95 Å². The van der Waals surface area contributed by atoms with Crippen molar-refractivity contribution < 1.29 is 4.39 Å². The molecular weight excluding hydrogens is 229 g/mol. The highest BCUT2D eigenvalue weighted by molar-refractivity contribution is 6.30. The van der Waals surface area contributed by atoms with Gasteiger partial charge in [0.1, 0.15) is 5.82 Å². The van der Waals surface area contributed by atoms with Crippen LogP contribution in [0.2, 0.25) is 5.02 Å². The molecule has 3 nitrogen and oxygen atoms in total. The Morgan fingerprint density at radius 3 is 2.88 bits per heavy atom. The van der Waals surface area contributed by atoms with Crippen LogP contribution in [0.4, 0.5) is 10.3 Å². The Bertz CT molecular complexity index is 516. The van der Waals surface area contributed by atoms with Crippen LogP contribution in [0.15, 0.2) is 30.5 Å². The summed E-state index contributed by atoms with van der Waals surface area (Å²) in [5.41, 5.74) is 0.866. The van der Waals surface area contributed by atoms with Crippen LogP contribution in [-0.2, 0) is 0 Å². The van der Waals surface area contributed by atoms with Crippen molar-refractivity contribution >= 4 is 17.5 Å². The molecule has 0 saturated carbocycles. The van der Waals surface area contributed by atoms with Crippen LogP contribution in [0, 0.1) is 5.82 Å². The second-order valence-electron chi connectivity index (χ2n) is 3.14. The summed E-state index contributed by atoms with van der Waals surface area (Å²) in [6, 6.07) is 5.99. The summed E-state index contributed by atoms with van der Waals surface area (Å²) in [5, 5.41) is 3.27. The number of rotatable bonds is 2. The Labute approximate surface area is 97.3 Å². The molecule has 2 rings (SSSR count). The van der Waals surface area contributed by atoms with Gasteiger partial charge in [-0.2, -0.15) is 0 Å². The van der Waals surface area contributed by atoms with Gasteiger partial charge in [-0.25, -0.2) is 14.4 Å². The number of hydrogen-bond acceptors (Lipinski definition) is 3. The minimum atomic E-state index is -0.356. The minimum absolute atomic E-state index is 0.356. The van der Waals surface area contributed by atoms with Crippen molar-refractivity contribution in [1.82, 2.24) is 9.97 Å². The smallest absolute Gasteiger partial charge is 0.222 e. The summed E-state index contributed by atoms with van der Waals surface area (Å²) in [6.07, 6.45) is 1.56. The Kier molecular flexibility index (Phi) is 3.01. The maximum absolute atomic E-state index is 13.6. The van der Waals surface area contributed by atoms with E-state index in [1.165, 1.54) is 12.1 Å². The van der Waals surface area contributed by atoms with Crippen LogP contribution in [0.1, 0.15) is 0 Å². The van der Waals surface area contributed by atoms with Crippen LogP contribution in [-0.4, -0.2) is 17.0 Å². The van der Waals surface area contributed by atoms with Crippen LogP contribution in [0.3, 0.4) is 0 Å². The van der Waals surface area contributed by atoms with Gasteiger partial charge in [0.15, 0.2) is 0 Å². The summed E-state index contributed by atoms with van der Waals surface area (Å²) in [4.78, 5) is 8.10. The molecule has 0 aliphatic rings. The Morgan fingerprint density at radius 2 is 2.12 bits per heavy atom. The van der Waals surface area contributed by atoms with Gasteiger partial charge < -0.3 is 5.32 Å². The second-order valence-corrected chi connectivity index (χ2v) is 3.58. The fraction of sp³-hybridized carbons (Fsp3) is 0.0909. The standard InChI is InChI=1S/C11H9ClFN3/c1-14-11-15-5-4-10(16-11)8-6-7(12)2-3-9(8)13/h2-6H,1H3,(H,14,15,16). The zero-order valence-electron chi connectivity index (χ0n) is 8.54. The number of nitrogens with zero attached hydrogens (tertiary/aromatic N) is 2. The summed E-state index contributed by atoms with van der Waals surface area (Å²) in [5.74, 6) is 0.0852. The van der Waals surface area contributed by atoms with Crippen molar-refractivity contribution in [2.75, 3.05) is 12.4 Å². The van der Waals surface area contributed by atoms with Gasteiger partial charge >= 0.3 is 0 Å². The van der Waals surface area contributed by atoms with E-state index in [9.17, 15) is 4.39 Å². The van der Waals surface area contributed by atoms with Gasteiger partial charge in [0, 0.05) is 23.8 Å². The number of anilines is 1. The molecule has 0 fully saturated rings. The molecule has 1 N–H and O–H groups in total. The van der Waals surface area contributed by atoms with E-state index in [0.717, 1.165) is 0 Å². The van der Waals surface area contributed by atoms with E-state index in [2.05, 4.69) is 15.3 Å². The van der Waals surface area contributed by atoms with Crippen molar-refractivity contribution in [3.63, 3.8) is 0 Å². The second kappa shape index (κ2) is 4.45. The average molecular weight is 238 g/mol. The number of halogens is 2. The van der Waals surface area contributed by atoms with Crippen molar-refractivity contribution in [2.45, 2.75) is 0 Å². The summed E-state index contributed by atoms with van der Waals surface area (Å²) >= 11 is 5.81. The molecule has 0 unspecified atom stereocenters. The molecule has 1 aromatic carbocycles. The highest BCUT2D eigenvalue weighted by Crippen LogP contribution is 2.24. The minimum Gasteiger partial charge on any atom is -0.357 e. The maximum atomic E-state index is 13.6. The number of hydrogen-bond donors (Lipinski definition) is 1. The first-order valence-corrected chi connectivity index (χ1v) is 5.04. The molecule has 82 valence electrons. The Hall–Kier alpha value is -1.68. The highest BCUT2D eigenvalue weighted by Gasteiger charge is 2.07. The first kappa shape index (κ1) is 10.8. The predicted octanol–water partition coefficient (Wildman–Crippen LogP) is 2.98. The van der Waals surface area contributed by atoms with E-state index in [0.29, 0.717) is 22.2 Å². The van der Waals surface area contributed by atoms with Crippen molar-refractivity contribution in [3.8, 4) is 11.3 Å². The molecule has 1 aromatic heterocycles. The van der Waals surface area contributed by atoms with E-state index in [1.807, 2.05) is 0 Å². The van der Waals surface area contributed by atoms with Crippen LogP contribution in [0.25, 0.3) is 11.3 Å². The maximum Gasteiger partial charge on any atom is 0.222 e. The first-order valence-electron chi connectivity index (χ1n) is 4.67. The van der Waals surface area contributed by atoms with E-state index in [-0.39, 0.29) is 5.82 Å². The monoisotopic (exact) mass is 237 g/mol. The quantitative estimate of drug-likeness (QED) is 0.873. The first-order chi connectivity index (χ1) is 7.70. The van der Waals surface area contributed by atoms with E-state index < -0.39 is 0 Å². The van der Waals surface area contributed by atoms with E-state index in [1.54, 1.807) is 25.4 Å². The molecule has 0 bridgehead atoms. The Morgan fingerprint density at radius 1 is 1.31 bits per heavy atom. The Balaban J connectivity index is 2.53. The number of aromatic nitrogens is 2. The van der Waals surface area contributed by atoms with E-state index in [4.69, 9.17) is 11.6 Å². The summed E-state index contributed by atoms with van der Waals surface area (Å²) < 4.78 is 13.6. The summed E-state index contributed by atoms with van der Waals surface area (Å²) in [6.45, 7) is 0. The molecule has 0 radical (unpaired) electrons. The molecule has 0 amide bonds. The lowest BCUT2D eigenvalue weighted by Gasteiger charge is -2.04. The van der Waals surface area contributed by atoms with Gasteiger partial charge in [0.25, 0.3) is 0 Å². The SMILES string of the molecule is CNc1nccc(-c2cc(Cl)ccc2F)n1. The van der Waals surface area contributed by atoms with Gasteiger partial charge in [-0.3, -0.25) is 0 Å².